The minimum atomic E-state index is -0.348. The second kappa shape index (κ2) is 6.65. The van der Waals surface area contributed by atoms with E-state index in [2.05, 4.69) is 10.6 Å². The number of aryl methyl sites for hydroxylation is 1. The summed E-state index contributed by atoms with van der Waals surface area (Å²) in [5.41, 5.74) is 1.42. The number of halogens is 1. The normalized spacial score (nSPS) is 21.2. The Balaban J connectivity index is 1.66. The molecule has 0 bridgehead atoms. The molecule has 1 heterocycles. The molecule has 6 heteroatoms. The molecule has 1 aromatic carbocycles. The van der Waals surface area contributed by atoms with E-state index in [4.69, 9.17) is 9.52 Å². The van der Waals surface area contributed by atoms with E-state index in [9.17, 15) is 9.18 Å². The Labute approximate surface area is 139 Å². The van der Waals surface area contributed by atoms with Crippen LogP contribution in [0.15, 0.2) is 34.8 Å². The number of carbonyl (C=O) groups excluding carboxylic acids is 1. The zero-order valence-electron chi connectivity index (χ0n) is 13.7. The van der Waals surface area contributed by atoms with Crippen molar-refractivity contribution in [2.24, 2.45) is 5.92 Å². The summed E-state index contributed by atoms with van der Waals surface area (Å²) in [6.07, 6.45) is 4.49. The lowest BCUT2D eigenvalue weighted by Gasteiger charge is -2.17. The third-order valence-electron chi connectivity index (χ3n) is 4.40. The standard InChI is InChI=1S/C18H21FN2O3/c1-10-15-8-13(19)4-6-16(15)24-17(10)11(2)20-18(23)21-14-5-3-12(7-14)9-22/h3-6,8,11-12,14,22H,7,9H2,1-2H3,(H2,20,21,23)/t11?,12-,14+/m0/s1. The van der Waals surface area contributed by atoms with Crippen molar-refractivity contribution < 1.29 is 18.7 Å². The Morgan fingerprint density at radius 1 is 1.46 bits per heavy atom. The Hall–Kier alpha value is -2.34. The number of fused-ring (bicyclic) bond motifs is 1. The molecule has 0 saturated carbocycles. The van der Waals surface area contributed by atoms with E-state index >= 15 is 0 Å². The molecule has 3 rings (SSSR count). The predicted octanol–water partition coefficient (Wildman–Crippen LogP) is 3.18. The first kappa shape index (κ1) is 16.5. The van der Waals surface area contributed by atoms with Gasteiger partial charge in [-0.2, -0.15) is 0 Å². The van der Waals surface area contributed by atoms with Crippen LogP contribution in [0.1, 0.15) is 30.7 Å². The highest BCUT2D eigenvalue weighted by Crippen LogP contribution is 2.29. The quantitative estimate of drug-likeness (QED) is 0.753. The van der Waals surface area contributed by atoms with Gasteiger partial charge in [0.05, 0.1) is 6.04 Å². The van der Waals surface area contributed by atoms with Crippen molar-refractivity contribution in [2.75, 3.05) is 6.61 Å². The van der Waals surface area contributed by atoms with E-state index in [-0.39, 0.29) is 36.5 Å². The van der Waals surface area contributed by atoms with E-state index in [1.54, 1.807) is 6.07 Å². The largest absolute Gasteiger partial charge is 0.459 e. The smallest absolute Gasteiger partial charge is 0.315 e. The van der Waals surface area contributed by atoms with Crippen LogP contribution in [0.2, 0.25) is 0 Å². The summed E-state index contributed by atoms with van der Waals surface area (Å²) in [5.74, 6) is 0.393. The summed E-state index contributed by atoms with van der Waals surface area (Å²) in [6.45, 7) is 3.76. The van der Waals surface area contributed by atoms with E-state index in [1.165, 1.54) is 12.1 Å². The van der Waals surface area contributed by atoms with Crippen LogP contribution in [-0.4, -0.2) is 23.8 Å². The number of hydrogen-bond acceptors (Lipinski definition) is 3. The van der Waals surface area contributed by atoms with Crippen LogP contribution in [0, 0.1) is 18.7 Å². The third-order valence-corrected chi connectivity index (χ3v) is 4.40. The molecule has 3 N–H and O–H groups in total. The monoisotopic (exact) mass is 332 g/mol. The van der Waals surface area contributed by atoms with Gasteiger partial charge in [-0.3, -0.25) is 0 Å². The Morgan fingerprint density at radius 3 is 2.96 bits per heavy atom. The number of nitrogens with one attached hydrogen (secondary N) is 2. The molecule has 24 heavy (non-hydrogen) atoms. The number of furan rings is 1. The molecule has 1 unspecified atom stereocenters. The van der Waals surface area contributed by atoms with E-state index in [0.717, 1.165) is 5.56 Å². The molecule has 3 atom stereocenters. The summed E-state index contributed by atoms with van der Waals surface area (Å²) in [7, 11) is 0. The number of urea groups is 1. The highest BCUT2D eigenvalue weighted by Gasteiger charge is 2.22. The lowest BCUT2D eigenvalue weighted by Crippen LogP contribution is -2.42. The van der Waals surface area contributed by atoms with Gasteiger partial charge in [0.25, 0.3) is 0 Å². The molecule has 0 spiro atoms. The molecule has 1 aliphatic rings. The van der Waals surface area contributed by atoms with Gasteiger partial charge in [0.1, 0.15) is 17.2 Å². The van der Waals surface area contributed by atoms with Crippen molar-refractivity contribution in [1.82, 2.24) is 10.6 Å². The van der Waals surface area contributed by atoms with Crippen LogP contribution in [0.5, 0.6) is 0 Å². The van der Waals surface area contributed by atoms with Gasteiger partial charge in [-0.15, -0.1) is 0 Å². The summed E-state index contributed by atoms with van der Waals surface area (Å²) >= 11 is 0. The fourth-order valence-electron chi connectivity index (χ4n) is 3.11. The summed E-state index contributed by atoms with van der Waals surface area (Å²) in [6, 6.07) is 3.64. The second-order valence-corrected chi connectivity index (χ2v) is 6.24. The van der Waals surface area contributed by atoms with Crippen LogP contribution in [0.3, 0.4) is 0 Å². The van der Waals surface area contributed by atoms with E-state index in [1.807, 2.05) is 26.0 Å². The first-order chi connectivity index (χ1) is 11.5. The molecule has 0 fully saturated rings. The zero-order chi connectivity index (χ0) is 17.3. The molecule has 1 aromatic heterocycles. The van der Waals surface area contributed by atoms with Gasteiger partial charge in [-0.25, -0.2) is 9.18 Å². The summed E-state index contributed by atoms with van der Waals surface area (Å²) < 4.78 is 19.1. The highest BCUT2D eigenvalue weighted by molar-refractivity contribution is 5.82. The SMILES string of the molecule is Cc1c(C(C)NC(=O)N[C@@H]2C=C[C@H](CO)C2)oc2ccc(F)cc12. The fraction of sp³-hybridized carbons (Fsp3) is 0.389. The Morgan fingerprint density at radius 2 is 2.25 bits per heavy atom. The van der Waals surface area contributed by atoms with Gasteiger partial charge >= 0.3 is 6.03 Å². The lowest BCUT2D eigenvalue weighted by atomic mass is 10.1. The fourth-order valence-corrected chi connectivity index (χ4v) is 3.11. The number of benzene rings is 1. The number of amides is 2. The number of rotatable bonds is 4. The minimum Gasteiger partial charge on any atom is -0.459 e. The lowest BCUT2D eigenvalue weighted by molar-refractivity contribution is 0.228. The van der Waals surface area contributed by atoms with Crippen molar-refractivity contribution in [3.63, 3.8) is 0 Å². The summed E-state index contributed by atoms with van der Waals surface area (Å²) in [4.78, 5) is 12.1. The molecule has 1 aliphatic carbocycles. The average molecular weight is 332 g/mol. The van der Waals surface area contributed by atoms with Crippen LogP contribution in [0.4, 0.5) is 9.18 Å². The third kappa shape index (κ3) is 3.28. The van der Waals surface area contributed by atoms with Gasteiger partial charge < -0.3 is 20.2 Å². The predicted molar refractivity (Wildman–Crippen MR) is 89.1 cm³/mol. The Kier molecular flexibility index (Phi) is 4.57. The van der Waals surface area contributed by atoms with E-state index in [0.29, 0.717) is 23.2 Å². The maximum absolute atomic E-state index is 13.4. The second-order valence-electron chi connectivity index (χ2n) is 6.24. The van der Waals surface area contributed by atoms with Crippen molar-refractivity contribution in [1.29, 1.82) is 0 Å². The van der Waals surface area contributed by atoms with Crippen molar-refractivity contribution in [2.45, 2.75) is 32.4 Å². The number of aliphatic hydroxyl groups excluding tert-OH is 1. The molecule has 0 radical (unpaired) electrons. The van der Waals surface area contributed by atoms with Crippen LogP contribution < -0.4 is 10.6 Å². The average Bonchev–Trinajstić information content (AvgIpc) is 3.12. The highest BCUT2D eigenvalue weighted by atomic mass is 19.1. The van der Waals surface area contributed by atoms with E-state index < -0.39 is 0 Å². The van der Waals surface area contributed by atoms with Crippen molar-refractivity contribution in [3.05, 3.63) is 47.5 Å². The molecular formula is C18H21FN2O3. The number of aliphatic hydroxyl groups is 1. The van der Waals surface area contributed by atoms with Gasteiger partial charge in [0.15, 0.2) is 0 Å². The molecule has 2 aromatic rings. The van der Waals surface area contributed by atoms with Gasteiger partial charge in [0, 0.05) is 29.5 Å². The Bertz CT molecular complexity index is 784. The number of carbonyl (C=O) groups is 1. The molecule has 128 valence electrons. The zero-order valence-corrected chi connectivity index (χ0v) is 13.7. The van der Waals surface area contributed by atoms with Gasteiger partial charge in [0.2, 0.25) is 0 Å². The molecule has 2 amide bonds. The maximum Gasteiger partial charge on any atom is 0.315 e. The molecule has 5 nitrogen and oxygen atoms in total. The topological polar surface area (TPSA) is 74.5 Å². The van der Waals surface area contributed by atoms with Crippen molar-refractivity contribution in [3.8, 4) is 0 Å². The van der Waals surface area contributed by atoms with Crippen molar-refractivity contribution >= 4 is 17.0 Å². The first-order valence-electron chi connectivity index (χ1n) is 8.02. The molecular weight excluding hydrogens is 311 g/mol. The van der Waals surface area contributed by atoms with Crippen LogP contribution >= 0.6 is 0 Å². The molecule has 0 saturated heterocycles. The van der Waals surface area contributed by atoms with Crippen LogP contribution in [-0.2, 0) is 0 Å². The van der Waals surface area contributed by atoms with Crippen LogP contribution in [0.25, 0.3) is 11.0 Å². The van der Waals surface area contributed by atoms with Gasteiger partial charge in [-0.1, -0.05) is 12.2 Å². The first-order valence-corrected chi connectivity index (χ1v) is 8.02. The minimum absolute atomic E-state index is 0.0831. The van der Waals surface area contributed by atoms with Gasteiger partial charge in [-0.05, 0) is 38.5 Å². The molecule has 0 aliphatic heterocycles. The number of hydrogen-bond donors (Lipinski definition) is 3. The maximum atomic E-state index is 13.4. The summed E-state index contributed by atoms with van der Waals surface area (Å²) in [5, 5.41) is 15.5.